The Bertz CT molecular complexity index is 1510. The first kappa shape index (κ1) is 26.0. The first-order valence-corrected chi connectivity index (χ1v) is 13.8. The van der Waals surface area contributed by atoms with Crippen LogP contribution in [0.1, 0.15) is 52.2 Å². The van der Waals surface area contributed by atoms with E-state index in [0.29, 0.717) is 41.5 Å². The maximum Gasteiger partial charge on any atom is 0.335 e. The molecule has 2 N–H and O–H groups in total. The Labute approximate surface area is 233 Å². The Morgan fingerprint density at radius 3 is 2.50 bits per heavy atom. The fourth-order valence-electron chi connectivity index (χ4n) is 6.05. The fraction of sp³-hybridized carbons (Fsp3) is 0.312. The molecule has 1 saturated heterocycles. The number of likely N-dealkylation sites (tertiary alicyclic amines) is 1. The average molecular weight is 537 g/mol. The maximum atomic E-state index is 13.2. The Morgan fingerprint density at radius 1 is 0.975 bits per heavy atom. The van der Waals surface area contributed by atoms with Crippen LogP contribution in [0, 0.1) is 5.92 Å². The van der Waals surface area contributed by atoms with Gasteiger partial charge in [-0.2, -0.15) is 0 Å². The Kier molecular flexibility index (Phi) is 6.94. The van der Waals surface area contributed by atoms with Crippen LogP contribution in [0.5, 0.6) is 0 Å². The molecule has 3 aromatic rings. The summed E-state index contributed by atoms with van der Waals surface area (Å²) in [6.07, 6.45) is 3.48. The second kappa shape index (κ2) is 10.7. The molecule has 6 rings (SSSR count). The van der Waals surface area contributed by atoms with Crippen LogP contribution in [0.3, 0.4) is 0 Å². The van der Waals surface area contributed by atoms with E-state index in [-0.39, 0.29) is 17.4 Å². The van der Waals surface area contributed by atoms with Crippen molar-refractivity contribution in [1.29, 1.82) is 0 Å². The van der Waals surface area contributed by atoms with Gasteiger partial charge in [-0.1, -0.05) is 36.4 Å². The van der Waals surface area contributed by atoms with Gasteiger partial charge in [-0.25, -0.2) is 4.79 Å². The molecule has 0 spiro atoms. The molecule has 8 heteroatoms. The SMILES string of the molecule is CN1CCC(CC(=O)N2CCc3cc(N=C(c4ccccc4)C4C(=O)Nc5cc(C(=O)O)ccc54)ccc32)CC1. The monoisotopic (exact) mass is 536 g/mol. The minimum absolute atomic E-state index is 0.117. The van der Waals surface area contributed by atoms with E-state index in [4.69, 9.17) is 4.99 Å². The van der Waals surface area contributed by atoms with Crippen LogP contribution < -0.4 is 10.2 Å². The third kappa shape index (κ3) is 5.02. The minimum Gasteiger partial charge on any atom is -0.478 e. The normalized spacial score (nSPS) is 19.3. The molecule has 40 heavy (non-hydrogen) atoms. The van der Waals surface area contributed by atoms with Crippen LogP contribution in [0.4, 0.5) is 17.1 Å². The van der Waals surface area contributed by atoms with E-state index in [1.807, 2.05) is 53.4 Å². The van der Waals surface area contributed by atoms with Gasteiger partial charge in [-0.05, 0) is 92.3 Å². The summed E-state index contributed by atoms with van der Waals surface area (Å²) in [6, 6.07) is 20.2. The second-order valence-corrected chi connectivity index (χ2v) is 11.0. The van der Waals surface area contributed by atoms with Crippen molar-refractivity contribution >= 4 is 40.6 Å². The number of carbonyl (C=O) groups excluding carboxylic acids is 2. The topological polar surface area (TPSA) is 102 Å². The van der Waals surface area contributed by atoms with Crippen LogP contribution in [0.15, 0.2) is 71.7 Å². The molecular weight excluding hydrogens is 504 g/mol. The van der Waals surface area contributed by atoms with Gasteiger partial charge >= 0.3 is 5.97 Å². The predicted octanol–water partition coefficient (Wildman–Crippen LogP) is 4.86. The summed E-state index contributed by atoms with van der Waals surface area (Å²) in [5, 5.41) is 12.2. The van der Waals surface area contributed by atoms with Gasteiger partial charge < -0.3 is 20.2 Å². The summed E-state index contributed by atoms with van der Waals surface area (Å²) < 4.78 is 0. The summed E-state index contributed by atoms with van der Waals surface area (Å²) in [4.78, 5) is 47.1. The molecule has 0 aliphatic carbocycles. The number of piperidine rings is 1. The number of nitrogens with one attached hydrogen (secondary N) is 1. The average Bonchev–Trinajstić information content (AvgIpc) is 3.53. The predicted molar refractivity (Wildman–Crippen MR) is 155 cm³/mol. The third-order valence-corrected chi connectivity index (χ3v) is 8.28. The van der Waals surface area contributed by atoms with E-state index in [9.17, 15) is 19.5 Å². The zero-order valence-electron chi connectivity index (χ0n) is 22.5. The van der Waals surface area contributed by atoms with E-state index in [0.717, 1.165) is 49.2 Å². The summed E-state index contributed by atoms with van der Waals surface area (Å²) in [5.41, 5.74) is 5.45. The first-order valence-electron chi connectivity index (χ1n) is 13.8. The number of carboxylic acid groups (broad SMARTS) is 1. The van der Waals surface area contributed by atoms with Gasteiger partial charge in [0.25, 0.3) is 0 Å². The molecule has 3 heterocycles. The summed E-state index contributed by atoms with van der Waals surface area (Å²) in [5.74, 6) is -1.34. The second-order valence-electron chi connectivity index (χ2n) is 11.0. The van der Waals surface area contributed by atoms with Crippen LogP contribution in [0.2, 0.25) is 0 Å². The number of hydrogen-bond donors (Lipinski definition) is 2. The molecule has 3 aliphatic rings. The summed E-state index contributed by atoms with van der Waals surface area (Å²) in [6.45, 7) is 2.76. The Hall–Kier alpha value is -4.30. The standard InChI is InChI=1S/C32H32N4O4/c1-35-14-11-20(12-15-35)17-28(37)36-16-13-22-18-24(8-10-27(22)36)33-30(21-5-3-2-4-6-21)29-25-9-7-23(32(39)40)19-26(25)34-31(29)38/h2-10,18-20,29H,11-17H2,1H3,(H,34,38)(H,39,40). The van der Waals surface area contributed by atoms with Gasteiger partial charge in [0.05, 0.1) is 17.0 Å². The highest BCUT2D eigenvalue weighted by Crippen LogP contribution is 2.38. The highest BCUT2D eigenvalue weighted by Gasteiger charge is 2.36. The van der Waals surface area contributed by atoms with Crippen molar-refractivity contribution in [3.05, 3.63) is 89.0 Å². The number of nitrogens with zero attached hydrogens (tertiary/aromatic N) is 3. The molecule has 0 saturated carbocycles. The number of carboxylic acids is 1. The molecule has 0 radical (unpaired) electrons. The number of aromatic carboxylic acids is 1. The molecule has 1 atom stereocenters. The van der Waals surface area contributed by atoms with E-state index in [2.05, 4.69) is 17.3 Å². The number of benzene rings is 3. The lowest BCUT2D eigenvalue weighted by molar-refractivity contribution is -0.119. The largest absolute Gasteiger partial charge is 0.478 e. The van der Waals surface area contributed by atoms with Crippen molar-refractivity contribution in [2.45, 2.75) is 31.6 Å². The molecule has 0 bridgehead atoms. The lowest BCUT2D eigenvalue weighted by Crippen LogP contribution is -2.35. The molecule has 0 aromatic heterocycles. The third-order valence-electron chi connectivity index (χ3n) is 8.28. The van der Waals surface area contributed by atoms with Crippen molar-refractivity contribution in [2.75, 3.05) is 36.9 Å². The smallest absolute Gasteiger partial charge is 0.335 e. The molecule has 3 aliphatic heterocycles. The molecule has 3 aromatic carbocycles. The van der Waals surface area contributed by atoms with Gasteiger partial charge in [0.2, 0.25) is 11.8 Å². The summed E-state index contributed by atoms with van der Waals surface area (Å²) in [7, 11) is 2.13. The van der Waals surface area contributed by atoms with E-state index < -0.39 is 11.9 Å². The highest BCUT2D eigenvalue weighted by atomic mass is 16.4. The lowest BCUT2D eigenvalue weighted by Gasteiger charge is -2.29. The van der Waals surface area contributed by atoms with E-state index in [1.54, 1.807) is 6.07 Å². The number of rotatable bonds is 6. The lowest BCUT2D eigenvalue weighted by atomic mass is 9.90. The van der Waals surface area contributed by atoms with Crippen molar-refractivity contribution in [3.8, 4) is 0 Å². The molecule has 1 unspecified atom stereocenters. The van der Waals surface area contributed by atoms with Crippen LogP contribution in [-0.4, -0.2) is 60.2 Å². The molecule has 8 nitrogen and oxygen atoms in total. The van der Waals surface area contributed by atoms with Crippen LogP contribution in [0.25, 0.3) is 0 Å². The van der Waals surface area contributed by atoms with Crippen molar-refractivity contribution < 1.29 is 19.5 Å². The quantitative estimate of drug-likeness (QED) is 0.438. The fourth-order valence-corrected chi connectivity index (χ4v) is 6.05. The van der Waals surface area contributed by atoms with Gasteiger partial charge in [0, 0.05) is 24.3 Å². The highest BCUT2D eigenvalue weighted by molar-refractivity contribution is 6.24. The van der Waals surface area contributed by atoms with Gasteiger partial charge in [0.1, 0.15) is 5.92 Å². The minimum atomic E-state index is -1.05. The number of fused-ring (bicyclic) bond motifs is 2. The Morgan fingerprint density at radius 2 is 1.75 bits per heavy atom. The molecule has 2 amide bonds. The van der Waals surface area contributed by atoms with Crippen molar-refractivity contribution in [2.24, 2.45) is 10.9 Å². The first-order chi connectivity index (χ1) is 19.4. The van der Waals surface area contributed by atoms with Crippen LogP contribution >= 0.6 is 0 Å². The molecule has 204 valence electrons. The van der Waals surface area contributed by atoms with Gasteiger partial charge in [0.15, 0.2) is 0 Å². The number of aliphatic imine (C=N–C) groups is 1. The Balaban J connectivity index is 1.30. The number of anilines is 2. The van der Waals surface area contributed by atoms with Crippen molar-refractivity contribution in [1.82, 2.24) is 4.90 Å². The number of amides is 2. The molecule has 1 fully saturated rings. The maximum absolute atomic E-state index is 13.2. The van der Waals surface area contributed by atoms with Gasteiger partial charge in [-0.15, -0.1) is 0 Å². The van der Waals surface area contributed by atoms with Crippen molar-refractivity contribution in [3.63, 3.8) is 0 Å². The van der Waals surface area contributed by atoms with Gasteiger partial charge in [-0.3, -0.25) is 14.6 Å². The zero-order chi connectivity index (χ0) is 27.8. The number of hydrogen-bond acceptors (Lipinski definition) is 5. The number of carbonyl (C=O) groups is 3. The summed E-state index contributed by atoms with van der Waals surface area (Å²) >= 11 is 0. The molecular formula is C32H32N4O4. The van der Waals surface area contributed by atoms with E-state index in [1.165, 1.54) is 12.1 Å². The van der Waals surface area contributed by atoms with Crippen LogP contribution in [-0.2, 0) is 16.0 Å². The zero-order valence-corrected chi connectivity index (χ0v) is 22.5. The van der Waals surface area contributed by atoms with E-state index >= 15 is 0 Å².